The van der Waals surface area contributed by atoms with E-state index < -0.39 is 0 Å². The van der Waals surface area contributed by atoms with Gasteiger partial charge in [-0.25, -0.2) is 0 Å². The van der Waals surface area contributed by atoms with Crippen molar-refractivity contribution in [3.8, 4) is 5.75 Å². The molecular formula is C17H27NO2. The van der Waals surface area contributed by atoms with Gasteiger partial charge >= 0.3 is 0 Å². The first kappa shape index (κ1) is 16.5. The molecule has 1 aromatic rings. The second-order valence-electron chi connectivity index (χ2n) is 6.07. The van der Waals surface area contributed by atoms with Crippen molar-refractivity contribution >= 4 is 5.91 Å². The molecule has 0 aliphatic rings. The summed E-state index contributed by atoms with van der Waals surface area (Å²) >= 11 is 0. The third-order valence-electron chi connectivity index (χ3n) is 3.63. The molecule has 0 radical (unpaired) electrons. The van der Waals surface area contributed by atoms with E-state index >= 15 is 0 Å². The number of rotatable bonds is 6. The molecule has 20 heavy (non-hydrogen) atoms. The second-order valence-corrected chi connectivity index (χ2v) is 6.07. The van der Waals surface area contributed by atoms with Crippen LogP contribution in [-0.2, 0) is 4.79 Å². The van der Waals surface area contributed by atoms with Gasteiger partial charge in [0.05, 0.1) is 0 Å². The van der Waals surface area contributed by atoms with Gasteiger partial charge in [-0.3, -0.25) is 4.79 Å². The lowest BCUT2D eigenvalue weighted by molar-refractivity contribution is -0.124. The smallest absolute Gasteiger partial charge is 0.258 e. The van der Waals surface area contributed by atoms with E-state index in [9.17, 15) is 4.79 Å². The van der Waals surface area contributed by atoms with E-state index in [-0.39, 0.29) is 18.6 Å². The molecule has 1 unspecified atom stereocenters. The molecule has 0 fully saturated rings. The molecule has 0 heterocycles. The van der Waals surface area contributed by atoms with Gasteiger partial charge in [-0.1, -0.05) is 39.8 Å². The topological polar surface area (TPSA) is 38.3 Å². The van der Waals surface area contributed by atoms with Crippen molar-refractivity contribution in [3.63, 3.8) is 0 Å². The minimum atomic E-state index is -0.0689. The number of benzene rings is 1. The maximum Gasteiger partial charge on any atom is 0.258 e. The lowest BCUT2D eigenvalue weighted by Gasteiger charge is -2.18. The summed E-state index contributed by atoms with van der Waals surface area (Å²) < 4.78 is 5.66. The van der Waals surface area contributed by atoms with Crippen molar-refractivity contribution in [2.24, 2.45) is 5.92 Å². The van der Waals surface area contributed by atoms with Gasteiger partial charge in [-0.05, 0) is 42.9 Å². The van der Waals surface area contributed by atoms with Crippen LogP contribution in [0.4, 0.5) is 0 Å². The van der Waals surface area contributed by atoms with E-state index in [0.717, 1.165) is 11.3 Å². The lowest BCUT2D eigenvalue weighted by Crippen LogP contribution is -2.39. The first-order valence-corrected chi connectivity index (χ1v) is 7.34. The largest absolute Gasteiger partial charge is 0.483 e. The van der Waals surface area contributed by atoms with Crippen LogP contribution < -0.4 is 10.1 Å². The average molecular weight is 277 g/mol. The predicted octanol–water partition coefficient (Wildman–Crippen LogP) is 3.66. The van der Waals surface area contributed by atoms with Gasteiger partial charge in [-0.2, -0.15) is 0 Å². The summed E-state index contributed by atoms with van der Waals surface area (Å²) in [6.07, 6.45) is 0. The molecule has 1 amide bonds. The number of carbonyl (C=O) groups is 1. The van der Waals surface area contributed by atoms with Crippen molar-refractivity contribution in [1.82, 2.24) is 5.32 Å². The van der Waals surface area contributed by atoms with E-state index in [4.69, 9.17) is 4.74 Å². The highest BCUT2D eigenvalue weighted by Crippen LogP contribution is 2.24. The summed E-state index contributed by atoms with van der Waals surface area (Å²) in [5, 5.41) is 2.94. The molecule has 0 aromatic heterocycles. The molecule has 0 saturated carbocycles. The molecule has 3 nitrogen and oxygen atoms in total. The third kappa shape index (κ3) is 4.87. The molecule has 0 bridgehead atoms. The fourth-order valence-electron chi connectivity index (χ4n) is 1.74. The minimum Gasteiger partial charge on any atom is -0.483 e. The van der Waals surface area contributed by atoms with Crippen LogP contribution in [0.1, 0.15) is 51.7 Å². The maximum absolute atomic E-state index is 11.8. The van der Waals surface area contributed by atoms with Gasteiger partial charge in [-0.15, -0.1) is 0 Å². The van der Waals surface area contributed by atoms with Gasteiger partial charge in [0.15, 0.2) is 6.61 Å². The Balaban J connectivity index is 2.61. The molecule has 112 valence electrons. The Morgan fingerprint density at radius 1 is 1.20 bits per heavy atom. The van der Waals surface area contributed by atoms with Crippen LogP contribution in [0.2, 0.25) is 0 Å². The van der Waals surface area contributed by atoms with Crippen LogP contribution in [0.5, 0.6) is 5.75 Å². The zero-order valence-electron chi connectivity index (χ0n) is 13.5. The lowest BCUT2D eigenvalue weighted by atomic mass is 10.0. The average Bonchev–Trinajstić information content (AvgIpc) is 2.37. The molecule has 0 spiro atoms. The molecule has 1 aromatic carbocycles. The van der Waals surface area contributed by atoms with Gasteiger partial charge in [0.25, 0.3) is 5.91 Å². The highest BCUT2D eigenvalue weighted by molar-refractivity contribution is 5.77. The Labute approximate surface area is 122 Å². The third-order valence-corrected chi connectivity index (χ3v) is 3.63. The van der Waals surface area contributed by atoms with Gasteiger partial charge < -0.3 is 10.1 Å². The van der Waals surface area contributed by atoms with Crippen molar-refractivity contribution in [1.29, 1.82) is 0 Å². The predicted molar refractivity (Wildman–Crippen MR) is 83.2 cm³/mol. The quantitative estimate of drug-likeness (QED) is 0.861. The Morgan fingerprint density at radius 2 is 1.85 bits per heavy atom. The Hall–Kier alpha value is -1.51. The zero-order valence-corrected chi connectivity index (χ0v) is 13.5. The zero-order chi connectivity index (χ0) is 15.3. The number of amides is 1. The molecule has 0 aliphatic heterocycles. The fraction of sp³-hybridized carbons (Fsp3) is 0.588. The molecule has 0 saturated heterocycles. The highest BCUT2D eigenvalue weighted by Gasteiger charge is 2.12. The second kappa shape index (κ2) is 7.32. The number of nitrogens with one attached hydrogen (secondary N) is 1. The first-order chi connectivity index (χ1) is 9.31. The first-order valence-electron chi connectivity index (χ1n) is 7.34. The SMILES string of the molecule is Cc1ccc(C(C)C)cc1OCC(=O)NC(C)C(C)C. The molecule has 1 atom stereocenters. The van der Waals surface area contributed by atoms with Crippen molar-refractivity contribution in [2.75, 3.05) is 6.61 Å². The molecule has 1 N–H and O–H groups in total. The fourth-order valence-corrected chi connectivity index (χ4v) is 1.74. The molecule has 1 rings (SSSR count). The van der Waals surface area contributed by atoms with E-state index in [1.54, 1.807) is 0 Å². The summed E-state index contributed by atoms with van der Waals surface area (Å²) in [7, 11) is 0. The number of carbonyl (C=O) groups excluding carboxylic acids is 1. The monoisotopic (exact) mass is 277 g/mol. The molecular weight excluding hydrogens is 250 g/mol. The highest BCUT2D eigenvalue weighted by atomic mass is 16.5. The van der Waals surface area contributed by atoms with Crippen LogP contribution in [0.3, 0.4) is 0 Å². The Kier molecular flexibility index (Phi) is 6.05. The van der Waals surface area contributed by atoms with Crippen molar-refractivity contribution in [2.45, 2.75) is 53.5 Å². The number of ether oxygens (including phenoxy) is 1. The Bertz CT molecular complexity index is 452. The number of hydrogen-bond acceptors (Lipinski definition) is 2. The number of hydrogen-bond donors (Lipinski definition) is 1. The van der Waals surface area contributed by atoms with E-state index in [1.807, 2.05) is 26.0 Å². The van der Waals surface area contributed by atoms with Crippen LogP contribution >= 0.6 is 0 Å². The van der Waals surface area contributed by atoms with E-state index in [1.165, 1.54) is 5.56 Å². The van der Waals surface area contributed by atoms with Gasteiger partial charge in [0.2, 0.25) is 0 Å². The van der Waals surface area contributed by atoms with Gasteiger partial charge in [0.1, 0.15) is 5.75 Å². The van der Waals surface area contributed by atoms with Gasteiger partial charge in [0, 0.05) is 6.04 Å². The Morgan fingerprint density at radius 3 is 2.40 bits per heavy atom. The van der Waals surface area contributed by atoms with E-state index in [0.29, 0.717) is 11.8 Å². The standard InChI is InChI=1S/C17H27NO2/c1-11(2)14(6)18-17(19)10-20-16-9-15(12(3)4)8-7-13(16)5/h7-9,11-12,14H,10H2,1-6H3,(H,18,19). The van der Waals surface area contributed by atoms with Crippen LogP contribution in [0.15, 0.2) is 18.2 Å². The minimum absolute atomic E-state index is 0.0689. The molecule has 3 heteroatoms. The van der Waals surface area contributed by atoms with Crippen molar-refractivity contribution < 1.29 is 9.53 Å². The summed E-state index contributed by atoms with van der Waals surface area (Å²) in [6, 6.07) is 6.33. The number of aryl methyl sites for hydroxylation is 1. The normalized spacial score (nSPS) is 12.6. The van der Waals surface area contributed by atoms with E-state index in [2.05, 4.69) is 39.1 Å². The molecule has 0 aliphatic carbocycles. The summed E-state index contributed by atoms with van der Waals surface area (Å²) in [6.45, 7) is 12.5. The summed E-state index contributed by atoms with van der Waals surface area (Å²) in [5.41, 5.74) is 2.28. The van der Waals surface area contributed by atoms with Crippen molar-refractivity contribution in [3.05, 3.63) is 29.3 Å². The maximum atomic E-state index is 11.8. The summed E-state index contributed by atoms with van der Waals surface area (Å²) in [4.78, 5) is 11.8. The van der Waals surface area contributed by atoms with Crippen LogP contribution in [0, 0.1) is 12.8 Å². The van der Waals surface area contributed by atoms with Crippen LogP contribution in [0.25, 0.3) is 0 Å². The van der Waals surface area contributed by atoms with Crippen LogP contribution in [-0.4, -0.2) is 18.6 Å². The summed E-state index contributed by atoms with van der Waals surface area (Å²) in [5.74, 6) is 1.60.